The van der Waals surface area contributed by atoms with E-state index in [1.54, 1.807) is 0 Å². The number of hydrogen-bond donors (Lipinski definition) is 0. The van der Waals surface area contributed by atoms with Crippen molar-refractivity contribution in [1.29, 1.82) is 0 Å². The number of aliphatic carboxylic acids is 1. The molecule has 0 rings (SSSR count). The van der Waals surface area contributed by atoms with Crippen molar-refractivity contribution in [2.45, 2.75) is 418 Å². The third kappa shape index (κ3) is 83.2. The van der Waals surface area contributed by atoms with E-state index in [9.17, 15) is 19.5 Å². The first kappa shape index (κ1) is 98.0. The molecule has 0 fully saturated rings. The molecule has 2 atom stereocenters. The highest BCUT2D eigenvalue weighted by atomic mass is 16.7. The number of rotatable bonds is 81. The molecule has 0 radical (unpaired) electrons. The SMILES string of the molecule is CC/C=C\C/C=C\C/C=C\C/C=C\C/C=C\C/C=C\C/C=C\C/C=C\C/C=C\CCCCCCCCCCCCCC(=O)OC(COC(=O)CCCCCCCCCCCCCCCCCCCCCCCCCCCCCCCCCCCCCCCC)COC(OCC[N+](C)(C)C)C(=O)[O-]. The second-order valence-corrected chi connectivity index (χ2v) is 30.5. The van der Waals surface area contributed by atoms with Crippen LogP contribution in [0.3, 0.4) is 0 Å². The van der Waals surface area contributed by atoms with Crippen molar-refractivity contribution >= 4 is 17.9 Å². The summed E-state index contributed by atoms with van der Waals surface area (Å²) in [4.78, 5) is 37.7. The van der Waals surface area contributed by atoms with E-state index in [4.69, 9.17) is 18.9 Å². The molecule has 590 valence electrons. The molecule has 0 aliphatic carbocycles. The van der Waals surface area contributed by atoms with Crippen LogP contribution in [0.2, 0.25) is 0 Å². The van der Waals surface area contributed by atoms with Crippen LogP contribution in [-0.2, 0) is 33.3 Å². The van der Waals surface area contributed by atoms with Gasteiger partial charge in [-0.2, -0.15) is 0 Å². The number of carbonyl (C=O) groups excluding carboxylic acids is 3. The summed E-state index contributed by atoms with van der Waals surface area (Å²) >= 11 is 0. The van der Waals surface area contributed by atoms with Crippen LogP contribution < -0.4 is 5.11 Å². The maximum Gasteiger partial charge on any atom is 0.306 e. The van der Waals surface area contributed by atoms with E-state index in [1.807, 2.05) is 21.1 Å². The molecule has 0 bridgehead atoms. The Morgan fingerprint density at radius 1 is 0.304 bits per heavy atom. The quantitative estimate of drug-likeness (QED) is 0.0195. The van der Waals surface area contributed by atoms with Crippen LogP contribution >= 0.6 is 0 Å². The minimum atomic E-state index is -1.63. The normalized spacial score (nSPS) is 13.1. The number of allylic oxidation sites excluding steroid dienone is 18. The van der Waals surface area contributed by atoms with Gasteiger partial charge < -0.3 is 33.3 Å². The van der Waals surface area contributed by atoms with Gasteiger partial charge in [-0.25, -0.2) is 0 Å². The summed E-state index contributed by atoms with van der Waals surface area (Å²) in [5.41, 5.74) is 0. The zero-order chi connectivity index (χ0) is 73.9. The van der Waals surface area contributed by atoms with Crippen LogP contribution in [0, 0.1) is 0 Å². The molecule has 9 nitrogen and oxygen atoms in total. The van der Waals surface area contributed by atoms with Crippen LogP contribution in [0.5, 0.6) is 0 Å². The molecule has 0 spiro atoms. The van der Waals surface area contributed by atoms with Crippen molar-refractivity contribution in [3.05, 3.63) is 109 Å². The number of carboxylic acid groups (broad SMARTS) is 1. The van der Waals surface area contributed by atoms with Gasteiger partial charge in [0.25, 0.3) is 0 Å². The van der Waals surface area contributed by atoms with E-state index in [0.29, 0.717) is 23.9 Å². The highest BCUT2D eigenvalue weighted by molar-refractivity contribution is 5.70. The Kier molecular flexibility index (Phi) is 79.3. The standard InChI is InChI=1S/C93H165NO8/c1-6-8-10-12-14-16-18-20-22-24-26-28-30-32-34-36-38-40-42-44-46-48-50-52-54-56-58-60-62-64-66-68-70-72-74-76-78-80-82-84-91(96)102-89(88-101-93(92(97)98)99-86-85-94(3,4)5)87-100-90(95)83-81-79-77-75-73-71-69-67-65-63-61-59-57-55-53-51-49-47-45-43-41-39-37-35-33-31-29-27-25-23-21-19-17-15-13-11-9-7-2/h8,10,14,16,20,22,26,28,32,34,38,40,44,46,50,52,56,58,89,93H,6-7,9,11-13,15,17-19,21,23-25,27,29-31,33,35-37,39,41-43,45,47-49,51,53-55,57,59-88H2,1-5H3/b10-8-,16-14-,22-20-,28-26-,34-32-,40-38-,46-44-,52-50-,58-56-. The zero-order valence-electron chi connectivity index (χ0n) is 67.7. The van der Waals surface area contributed by atoms with E-state index < -0.39 is 24.3 Å². The lowest BCUT2D eigenvalue weighted by Crippen LogP contribution is -2.44. The van der Waals surface area contributed by atoms with Gasteiger partial charge in [0.05, 0.1) is 40.3 Å². The van der Waals surface area contributed by atoms with Crippen LogP contribution in [0.1, 0.15) is 406 Å². The molecule has 0 saturated carbocycles. The van der Waals surface area contributed by atoms with Crippen LogP contribution in [0.15, 0.2) is 109 Å². The Morgan fingerprint density at radius 2 is 0.559 bits per heavy atom. The molecule has 0 heterocycles. The first-order valence-electron chi connectivity index (χ1n) is 43.5. The number of likely N-dealkylation sites (N-methyl/N-ethyl adjacent to an activating group) is 1. The molecule has 0 aliphatic rings. The fraction of sp³-hybridized carbons (Fsp3) is 0.774. The van der Waals surface area contributed by atoms with Gasteiger partial charge in [-0.1, -0.05) is 419 Å². The van der Waals surface area contributed by atoms with Crippen molar-refractivity contribution in [2.24, 2.45) is 0 Å². The van der Waals surface area contributed by atoms with E-state index in [1.165, 1.54) is 270 Å². The lowest BCUT2D eigenvalue weighted by Gasteiger charge is -2.26. The van der Waals surface area contributed by atoms with Gasteiger partial charge >= 0.3 is 11.9 Å². The van der Waals surface area contributed by atoms with Crippen molar-refractivity contribution < 1.29 is 42.9 Å². The highest BCUT2D eigenvalue weighted by Gasteiger charge is 2.22. The Balaban J connectivity index is 3.99. The van der Waals surface area contributed by atoms with Crippen LogP contribution in [-0.4, -0.2) is 82.3 Å². The third-order valence-corrected chi connectivity index (χ3v) is 19.3. The Morgan fingerprint density at radius 3 is 0.833 bits per heavy atom. The molecule has 0 saturated heterocycles. The van der Waals surface area contributed by atoms with Gasteiger partial charge in [0.15, 0.2) is 12.4 Å². The number of unbranched alkanes of at least 4 members (excludes halogenated alkanes) is 48. The molecule has 2 unspecified atom stereocenters. The predicted molar refractivity (Wildman–Crippen MR) is 440 cm³/mol. The molecule has 0 aliphatic heterocycles. The molecule has 0 N–H and O–H groups in total. The van der Waals surface area contributed by atoms with Gasteiger partial charge in [0.1, 0.15) is 13.2 Å². The minimum absolute atomic E-state index is 0.145. The molecule has 0 aromatic rings. The van der Waals surface area contributed by atoms with Gasteiger partial charge in [-0.05, 0) is 83.5 Å². The summed E-state index contributed by atoms with van der Waals surface area (Å²) in [5, 5.41) is 11.9. The van der Waals surface area contributed by atoms with Crippen molar-refractivity contribution in [3.63, 3.8) is 0 Å². The first-order valence-corrected chi connectivity index (χ1v) is 43.5. The highest BCUT2D eigenvalue weighted by Crippen LogP contribution is 2.20. The minimum Gasteiger partial charge on any atom is -0.545 e. The van der Waals surface area contributed by atoms with Crippen molar-refractivity contribution in [2.75, 3.05) is 47.5 Å². The monoisotopic (exact) mass is 1420 g/mol. The number of quaternary nitrogens is 1. The summed E-state index contributed by atoms with van der Waals surface area (Å²) in [6, 6.07) is 0. The number of carboxylic acids is 1. The molecular weight excluding hydrogens is 1260 g/mol. The Labute approximate surface area is 632 Å². The van der Waals surface area contributed by atoms with E-state index in [-0.39, 0.29) is 32.2 Å². The molecule has 0 aromatic carbocycles. The van der Waals surface area contributed by atoms with Crippen molar-refractivity contribution in [3.8, 4) is 0 Å². The summed E-state index contributed by atoms with van der Waals surface area (Å²) in [5.74, 6) is -2.27. The van der Waals surface area contributed by atoms with Crippen LogP contribution in [0.25, 0.3) is 0 Å². The topological polar surface area (TPSA) is 111 Å². The summed E-state index contributed by atoms with van der Waals surface area (Å²) in [7, 11) is 5.94. The fourth-order valence-corrected chi connectivity index (χ4v) is 12.7. The molecule has 102 heavy (non-hydrogen) atoms. The number of nitrogens with zero attached hydrogens (tertiary/aromatic N) is 1. The average molecular weight is 1430 g/mol. The molecular formula is C93H165NO8. The largest absolute Gasteiger partial charge is 0.545 e. The van der Waals surface area contributed by atoms with Gasteiger partial charge in [0, 0.05) is 12.8 Å². The van der Waals surface area contributed by atoms with Gasteiger partial charge in [-0.15, -0.1) is 0 Å². The summed E-state index contributed by atoms with van der Waals surface area (Å²) in [6.45, 7) is 4.68. The van der Waals surface area contributed by atoms with Gasteiger partial charge in [-0.3, -0.25) is 9.59 Å². The lowest BCUT2D eigenvalue weighted by atomic mass is 10.0. The lowest BCUT2D eigenvalue weighted by molar-refractivity contribution is -0.870. The molecule has 0 aromatic heterocycles. The Hall–Kier alpha value is -4.05. The van der Waals surface area contributed by atoms with E-state index >= 15 is 0 Å². The van der Waals surface area contributed by atoms with E-state index in [0.717, 1.165) is 103 Å². The fourth-order valence-electron chi connectivity index (χ4n) is 12.7. The first-order chi connectivity index (χ1) is 50.1. The average Bonchev–Trinajstić information content (AvgIpc) is 0.997. The molecule has 9 heteroatoms. The number of ether oxygens (including phenoxy) is 4. The maximum absolute atomic E-state index is 13.0. The number of esters is 2. The van der Waals surface area contributed by atoms with Crippen molar-refractivity contribution in [1.82, 2.24) is 0 Å². The number of carbonyl (C=O) groups is 3. The second-order valence-electron chi connectivity index (χ2n) is 30.5. The summed E-state index contributed by atoms with van der Waals surface area (Å²) in [6.07, 6.45) is 114. The molecule has 0 amide bonds. The number of hydrogen-bond acceptors (Lipinski definition) is 8. The second kappa shape index (κ2) is 82.6. The summed E-state index contributed by atoms with van der Waals surface area (Å²) < 4.78 is 22.9. The predicted octanol–water partition coefficient (Wildman–Crippen LogP) is 27.1. The van der Waals surface area contributed by atoms with Gasteiger partial charge in [0.2, 0.25) is 0 Å². The van der Waals surface area contributed by atoms with Crippen LogP contribution in [0.4, 0.5) is 0 Å². The zero-order valence-corrected chi connectivity index (χ0v) is 67.7. The van der Waals surface area contributed by atoms with E-state index in [2.05, 4.69) is 123 Å². The smallest absolute Gasteiger partial charge is 0.306 e. The third-order valence-electron chi connectivity index (χ3n) is 19.3. The Bertz CT molecular complexity index is 2060. The maximum atomic E-state index is 13.0.